The molecular formula is C21H22ClN3O2. The van der Waals surface area contributed by atoms with Crippen LogP contribution < -0.4 is 15.6 Å². The van der Waals surface area contributed by atoms with Gasteiger partial charge in [-0.1, -0.05) is 35.9 Å². The Hall–Kier alpha value is -2.63. The summed E-state index contributed by atoms with van der Waals surface area (Å²) >= 11 is 6.03. The predicted molar refractivity (Wildman–Crippen MR) is 107 cm³/mol. The van der Waals surface area contributed by atoms with Gasteiger partial charge in [0.15, 0.2) is 0 Å². The third kappa shape index (κ3) is 5.42. The van der Waals surface area contributed by atoms with E-state index >= 15 is 0 Å². The maximum Gasteiger partial charge on any atom is 0.251 e. The molecule has 0 fully saturated rings. The molecule has 0 bridgehead atoms. The van der Waals surface area contributed by atoms with Crippen molar-refractivity contribution < 1.29 is 4.74 Å². The zero-order valence-electron chi connectivity index (χ0n) is 15.3. The van der Waals surface area contributed by atoms with Gasteiger partial charge in [0.05, 0.1) is 7.11 Å². The second-order valence-corrected chi connectivity index (χ2v) is 6.80. The lowest BCUT2D eigenvalue weighted by Crippen LogP contribution is -2.24. The largest absolute Gasteiger partial charge is 0.497 e. The van der Waals surface area contributed by atoms with Gasteiger partial charge >= 0.3 is 0 Å². The van der Waals surface area contributed by atoms with Crippen molar-refractivity contribution in [2.45, 2.75) is 25.9 Å². The number of aromatic amines is 1. The van der Waals surface area contributed by atoms with Crippen molar-refractivity contribution in [3.8, 4) is 5.75 Å². The van der Waals surface area contributed by atoms with Crippen LogP contribution in [0, 0.1) is 6.92 Å². The van der Waals surface area contributed by atoms with E-state index < -0.39 is 0 Å². The molecule has 1 heterocycles. The van der Waals surface area contributed by atoms with Crippen LogP contribution in [0.15, 0.2) is 59.4 Å². The van der Waals surface area contributed by atoms with Crippen molar-refractivity contribution in [1.82, 2.24) is 15.3 Å². The van der Waals surface area contributed by atoms with Crippen LogP contribution in [0.25, 0.3) is 0 Å². The fraction of sp³-hybridized carbons (Fsp3) is 0.238. The predicted octanol–water partition coefficient (Wildman–Crippen LogP) is 3.81. The summed E-state index contributed by atoms with van der Waals surface area (Å²) in [6, 6.07) is 17.2. The number of nitrogens with zero attached hydrogens (tertiary/aromatic N) is 1. The van der Waals surface area contributed by atoms with Crippen LogP contribution in [0.4, 0.5) is 0 Å². The monoisotopic (exact) mass is 383 g/mol. The fourth-order valence-corrected chi connectivity index (χ4v) is 3.11. The molecule has 0 aliphatic rings. The number of hydrogen-bond donors (Lipinski definition) is 2. The van der Waals surface area contributed by atoms with E-state index in [1.165, 1.54) is 0 Å². The van der Waals surface area contributed by atoms with Crippen LogP contribution in [0.5, 0.6) is 5.75 Å². The summed E-state index contributed by atoms with van der Waals surface area (Å²) in [5.41, 5.74) is 2.81. The molecule has 0 unspecified atom stereocenters. The summed E-state index contributed by atoms with van der Waals surface area (Å²) < 4.78 is 5.29. The summed E-state index contributed by atoms with van der Waals surface area (Å²) in [6.07, 6.45) is 0.594. The Balaban J connectivity index is 1.82. The first kappa shape index (κ1) is 19.1. The second kappa shape index (κ2) is 8.84. The molecule has 0 amide bonds. The van der Waals surface area contributed by atoms with Gasteiger partial charge in [-0.3, -0.25) is 4.79 Å². The molecule has 3 aromatic rings. The highest BCUT2D eigenvalue weighted by Crippen LogP contribution is 2.21. The van der Waals surface area contributed by atoms with Crippen molar-refractivity contribution in [1.29, 1.82) is 0 Å². The standard InChI is InChI=1S/C21H22ClN3O2/c1-14-24-18(12-21(26)25-14)11-20(16-6-8-17(22)9-7-16)23-13-15-4-3-5-19(10-15)27-2/h3-10,12,20,23H,11,13H2,1-2H3,(H,24,25,26)/t20-/m1/s1. The minimum absolute atomic E-state index is 0.0119. The first-order chi connectivity index (χ1) is 13.0. The lowest BCUT2D eigenvalue weighted by molar-refractivity contribution is 0.413. The third-order valence-electron chi connectivity index (χ3n) is 4.29. The Labute approximate surface area is 163 Å². The molecule has 6 heteroatoms. The number of halogens is 1. The van der Waals surface area contributed by atoms with Gasteiger partial charge < -0.3 is 15.0 Å². The van der Waals surface area contributed by atoms with Crippen molar-refractivity contribution in [3.05, 3.63) is 92.6 Å². The molecule has 0 saturated carbocycles. The number of methoxy groups -OCH3 is 1. The van der Waals surface area contributed by atoms with Crippen LogP contribution >= 0.6 is 11.6 Å². The quantitative estimate of drug-likeness (QED) is 0.651. The van der Waals surface area contributed by atoms with E-state index in [-0.39, 0.29) is 11.6 Å². The molecule has 0 saturated heterocycles. The first-order valence-electron chi connectivity index (χ1n) is 8.72. The van der Waals surface area contributed by atoms with E-state index in [1.54, 1.807) is 20.1 Å². The van der Waals surface area contributed by atoms with E-state index in [4.69, 9.17) is 16.3 Å². The first-order valence-corrected chi connectivity index (χ1v) is 9.10. The molecule has 1 atom stereocenters. The molecule has 0 radical (unpaired) electrons. The van der Waals surface area contributed by atoms with Crippen molar-refractivity contribution in [2.75, 3.05) is 7.11 Å². The number of benzene rings is 2. The molecule has 5 nitrogen and oxygen atoms in total. The van der Waals surface area contributed by atoms with E-state index in [9.17, 15) is 4.79 Å². The fourth-order valence-electron chi connectivity index (χ4n) is 2.98. The summed E-state index contributed by atoms with van der Waals surface area (Å²) in [7, 11) is 1.66. The molecule has 27 heavy (non-hydrogen) atoms. The van der Waals surface area contributed by atoms with E-state index in [2.05, 4.69) is 15.3 Å². The van der Waals surface area contributed by atoms with E-state index in [1.807, 2.05) is 48.5 Å². The molecular weight excluding hydrogens is 362 g/mol. The summed E-state index contributed by atoms with van der Waals surface area (Å²) in [6.45, 7) is 2.44. The summed E-state index contributed by atoms with van der Waals surface area (Å²) in [4.78, 5) is 18.9. The molecule has 2 N–H and O–H groups in total. The topological polar surface area (TPSA) is 67.0 Å². The Bertz CT molecular complexity index is 954. The zero-order valence-corrected chi connectivity index (χ0v) is 16.1. The van der Waals surface area contributed by atoms with E-state index in [0.29, 0.717) is 23.8 Å². The highest BCUT2D eigenvalue weighted by Gasteiger charge is 2.14. The van der Waals surface area contributed by atoms with Crippen molar-refractivity contribution in [2.24, 2.45) is 0 Å². The number of rotatable bonds is 7. The number of aromatic nitrogens is 2. The number of aryl methyl sites for hydroxylation is 1. The van der Waals surface area contributed by atoms with Gasteiger partial charge in [0, 0.05) is 35.8 Å². The van der Waals surface area contributed by atoms with Gasteiger partial charge in [-0.05, 0) is 42.3 Å². The Kier molecular flexibility index (Phi) is 6.27. The van der Waals surface area contributed by atoms with Gasteiger partial charge in [-0.15, -0.1) is 0 Å². The Morgan fingerprint density at radius 2 is 1.96 bits per heavy atom. The maximum atomic E-state index is 11.8. The minimum Gasteiger partial charge on any atom is -0.497 e. The Morgan fingerprint density at radius 3 is 2.67 bits per heavy atom. The lowest BCUT2D eigenvalue weighted by atomic mass is 10.0. The van der Waals surface area contributed by atoms with Gasteiger partial charge in [-0.2, -0.15) is 0 Å². The lowest BCUT2D eigenvalue weighted by Gasteiger charge is -2.20. The van der Waals surface area contributed by atoms with Gasteiger partial charge in [0.25, 0.3) is 5.56 Å². The highest BCUT2D eigenvalue weighted by atomic mass is 35.5. The van der Waals surface area contributed by atoms with Gasteiger partial charge in [0.2, 0.25) is 0 Å². The molecule has 2 aromatic carbocycles. The van der Waals surface area contributed by atoms with Crippen LogP contribution in [0.1, 0.15) is 28.7 Å². The second-order valence-electron chi connectivity index (χ2n) is 6.36. The van der Waals surface area contributed by atoms with Crippen LogP contribution in [-0.2, 0) is 13.0 Å². The molecule has 0 aliphatic heterocycles. The number of ether oxygens (including phenoxy) is 1. The number of hydrogen-bond acceptors (Lipinski definition) is 4. The molecule has 0 aliphatic carbocycles. The molecule has 140 valence electrons. The average molecular weight is 384 g/mol. The smallest absolute Gasteiger partial charge is 0.251 e. The molecule has 3 rings (SSSR count). The summed E-state index contributed by atoms with van der Waals surface area (Å²) in [5, 5.41) is 4.25. The van der Waals surface area contributed by atoms with Crippen LogP contribution in [-0.4, -0.2) is 17.1 Å². The normalized spacial score (nSPS) is 12.0. The average Bonchev–Trinajstić information content (AvgIpc) is 2.65. The van der Waals surface area contributed by atoms with Crippen LogP contribution in [0.3, 0.4) is 0 Å². The minimum atomic E-state index is -0.139. The number of H-pyrrole nitrogens is 1. The Morgan fingerprint density at radius 1 is 1.19 bits per heavy atom. The number of nitrogens with one attached hydrogen (secondary N) is 2. The zero-order chi connectivity index (χ0) is 19.2. The highest BCUT2D eigenvalue weighted by molar-refractivity contribution is 6.30. The molecule has 1 aromatic heterocycles. The van der Waals surface area contributed by atoms with Gasteiger partial charge in [0.1, 0.15) is 11.6 Å². The van der Waals surface area contributed by atoms with Crippen LogP contribution in [0.2, 0.25) is 5.02 Å². The third-order valence-corrected chi connectivity index (χ3v) is 4.54. The van der Waals surface area contributed by atoms with E-state index in [0.717, 1.165) is 22.6 Å². The van der Waals surface area contributed by atoms with Gasteiger partial charge in [-0.25, -0.2) is 4.98 Å². The maximum absolute atomic E-state index is 11.8. The molecule has 0 spiro atoms. The van der Waals surface area contributed by atoms with Crippen molar-refractivity contribution in [3.63, 3.8) is 0 Å². The summed E-state index contributed by atoms with van der Waals surface area (Å²) in [5.74, 6) is 1.43. The SMILES string of the molecule is COc1cccc(CN[C@H](Cc2cc(=O)[nH]c(C)n2)c2ccc(Cl)cc2)c1. The van der Waals surface area contributed by atoms with Crippen molar-refractivity contribution >= 4 is 11.6 Å².